The third-order valence-corrected chi connectivity index (χ3v) is 6.05. The van der Waals surface area contributed by atoms with Crippen LogP contribution in [-0.4, -0.2) is 39.6 Å². The molecule has 24 heavy (non-hydrogen) atoms. The molecular weight excluding hydrogens is 304 g/mol. The molecule has 3 aliphatic rings. The highest BCUT2D eigenvalue weighted by Crippen LogP contribution is 2.61. The molecule has 4 heteroatoms. The highest BCUT2D eigenvalue weighted by molar-refractivity contribution is 5.16. The van der Waals surface area contributed by atoms with Crippen LogP contribution < -0.4 is 0 Å². The number of fused-ring (bicyclic) bond motifs is 5. The summed E-state index contributed by atoms with van der Waals surface area (Å²) in [5.41, 5.74) is 0. The normalized spacial score (nSPS) is 35.8. The van der Waals surface area contributed by atoms with Crippen LogP contribution in [0, 0.1) is 35.5 Å². The Kier molecular flexibility index (Phi) is 6.38. The summed E-state index contributed by atoms with van der Waals surface area (Å²) in [5.74, 6) is 4.37. The van der Waals surface area contributed by atoms with E-state index < -0.39 is 0 Å². The minimum Gasteiger partial charge on any atom is -0.499 e. The molecule has 0 aromatic heterocycles. The second kappa shape index (κ2) is 8.72. The molecule has 0 heterocycles. The Balaban J connectivity index is 1.50. The van der Waals surface area contributed by atoms with Crippen molar-refractivity contribution in [1.29, 1.82) is 0 Å². The molecule has 6 unspecified atom stereocenters. The van der Waals surface area contributed by atoms with Gasteiger partial charge in [0.05, 0.1) is 39.0 Å². The third-order valence-electron chi connectivity index (χ3n) is 6.05. The molecule has 0 aromatic carbocycles. The van der Waals surface area contributed by atoms with Gasteiger partial charge in [-0.3, -0.25) is 0 Å². The van der Waals surface area contributed by atoms with Crippen LogP contribution in [0.2, 0.25) is 0 Å². The molecule has 0 amide bonds. The van der Waals surface area contributed by atoms with E-state index in [2.05, 4.69) is 25.3 Å². The largest absolute Gasteiger partial charge is 0.499 e. The van der Waals surface area contributed by atoms with Crippen LogP contribution in [0.3, 0.4) is 0 Å². The molecule has 0 spiro atoms. The monoisotopic (exact) mass is 334 g/mol. The van der Waals surface area contributed by atoms with E-state index in [0.29, 0.717) is 38.3 Å². The average Bonchev–Trinajstić information content (AvgIpc) is 3.26. The van der Waals surface area contributed by atoms with Gasteiger partial charge in [0.2, 0.25) is 0 Å². The summed E-state index contributed by atoms with van der Waals surface area (Å²) in [6, 6.07) is 0. The van der Waals surface area contributed by atoms with Gasteiger partial charge < -0.3 is 18.9 Å². The highest BCUT2D eigenvalue weighted by atomic mass is 16.5. The van der Waals surface area contributed by atoms with Gasteiger partial charge in [-0.1, -0.05) is 25.3 Å². The first kappa shape index (κ1) is 17.6. The Morgan fingerprint density at radius 3 is 2.08 bits per heavy atom. The fourth-order valence-electron chi connectivity index (χ4n) is 5.16. The standard InChI is InChI=1S/C20H30O4/c1-3-21-8-10-23-13-19-17-12-18(16-7-5-6-15(16)17)20(19)14-24-11-9-22-4-2/h3-6,15-20H,1-2,7-14H2. The molecule has 6 atom stereocenters. The molecule has 2 bridgehead atoms. The lowest BCUT2D eigenvalue weighted by Gasteiger charge is -2.38. The predicted molar refractivity (Wildman–Crippen MR) is 93.3 cm³/mol. The number of allylic oxidation sites excluding steroid dienone is 2. The average molecular weight is 334 g/mol. The SMILES string of the molecule is C=COCCOCC1C2CC(C3CC=CC23)C1COCCOC=C. The summed E-state index contributed by atoms with van der Waals surface area (Å²) in [4.78, 5) is 0. The van der Waals surface area contributed by atoms with Gasteiger partial charge in [0, 0.05) is 0 Å². The Bertz CT molecular complexity index is 447. The van der Waals surface area contributed by atoms with Crippen LogP contribution >= 0.6 is 0 Å². The van der Waals surface area contributed by atoms with Crippen molar-refractivity contribution in [2.24, 2.45) is 35.5 Å². The molecule has 0 aromatic rings. The summed E-state index contributed by atoms with van der Waals surface area (Å²) in [6.45, 7) is 11.2. The highest BCUT2D eigenvalue weighted by Gasteiger charge is 2.57. The summed E-state index contributed by atoms with van der Waals surface area (Å²) < 4.78 is 22.1. The Morgan fingerprint density at radius 1 is 0.833 bits per heavy atom. The van der Waals surface area contributed by atoms with Gasteiger partial charge in [-0.15, -0.1) is 0 Å². The fraction of sp³-hybridized carbons (Fsp3) is 0.700. The first-order valence-electron chi connectivity index (χ1n) is 9.14. The maximum atomic E-state index is 5.91. The van der Waals surface area contributed by atoms with Gasteiger partial charge in [0.25, 0.3) is 0 Å². The van der Waals surface area contributed by atoms with Crippen molar-refractivity contribution >= 4 is 0 Å². The van der Waals surface area contributed by atoms with Crippen LogP contribution in [0.5, 0.6) is 0 Å². The fourth-order valence-corrected chi connectivity index (χ4v) is 5.16. The van der Waals surface area contributed by atoms with Crippen molar-refractivity contribution < 1.29 is 18.9 Å². The van der Waals surface area contributed by atoms with Crippen LogP contribution in [0.25, 0.3) is 0 Å². The van der Waals surface area contributed by atoms with E-state index >= 15 is 0 Å². The van der Waals surface area contributed by atoms with Crippen molar-refractivity contribution in [2.45, 2.75) is 12.8 Å². The van der Waals surface area contributed by atoms with Gasteiger partial charge in [-0.2, -0.15) is 0 Å². The second-order valence-corrected chi connectivity index (χ2v) is 7.02. The zero-order valence-corrected chi connectivity index (χ0v) is 14.5. The minimum absolute atomic E-state index is 0.580. The molecule has 3 aliphatic carbocycles. The topological polar surface area (TPSA) is 36.9 Å². The summed E-state index contributed by atoms with van der Waals surface area (Å²) >= 11 is 0. The van der Waals surface area contributed by atoms with Gasteiger partial charge in [0.15, 0.2) is 0 Å². The van der Waals surface area contributed by atoms with E-state index in [-0.39, 0.29) is 0 Å². The number of hydrogen-bond donors (Lipinski definition) is 0. The molecule has 0 N–H and O–H groups in total. The van der Waals surface area contributed by atoms with Gasteiger partial charge >= 0.3 is 0 Å². The molecule has 134 valence electrons. The van der Waals surface area contributed by atoms with Crippen molar-refractivity contribution in [3.05, 3.63) is 37.8 Å². The summed E-state index contributed by atoms with van der Waals surface area (Å²) in [5, 5.41) is 0. The molecular formula is C20H30O4. The first-order chi connectivity index (χ1) is 11.9. The molecule has 2 fully saturated rings. The van der Waals surface area contributed by atoms with E-state index in [1.165, 1.54) is 25.4 Å². The van der Waals surface area contributed by atoms with Crippen LogP contribution in [0.1, 0.15) is 12.8 Å². The van der Waals surface area contributed by atoms with Crippen molar-refractivity contribution in [3.8, 4) is 0 Å². The van der Waals surface area contributed by atoms with E-state index in [1.54, 1.807) is 0 Å². The van der Waals surface area contributed by atoms with Gasteiger partial charge in [0.1, 0.15) is 13.2 Å². The second-order valence-electron chi connectivity index (χ2n) is 7.02. The predicted octanol–water partition coefficient (Wildman–Crippen LogP) is 3.41. The lowest BCUT2D eigenvalue weighted by Crippen LogP contribution is -2.37. The van der Waals surface area contributed by atoms with Crippen LogP contribution in [-0.2, 0) is 18.9 Å². The Morgan fingerprint density at radius 2 is 1.46 bits per heavy atom. The maximum absolute atomic E-state index is 5.91. The van der Waals surface area contributed by atoms with Crippen molar-refractivity contribution in [1.82, 2.24) is 0 Å². The summed E-state index contributed by atoms with van der Waals surface area (Å²) in [7, 11) is 0. The lowest BCUT2D eigenvalue weighted by atomic mass is 9.70. The number of rotatable bonds is 12. The van der Waals surface area contributed by atoms with Crippen molar-refractivity contribution in [2.75, 3.05) is 39.6 Å². The molecule has 0 radical (unpaired) electrons. The van der Waals surface area contributed by atoms with Gasteiger partial charge in [-0.05, 0) is 48.3 Å². The van der Waals surface area contributed by atoms with E-state index in [9.17, 15) is 0 Å². The Labute approximate surface area is 145 Å². The third kappa shape index (κ3) is 3.70. The molecule has 4 nitrogen and oxygen atoms in total. The van der Waals surface area contributed by atoms with E-state index in [4.69, 9.17) is 18.9 Å². The summed E-state index contributed by atoms with van der Waals surface area (Å²) in [6.07, 6.45) is 10.4. The minimum atomic E-state index is 0.580. The first-order valence-corrected chi connectivity index (χ1v) is 9.14. The zero-order valence-electron chi connectivity index (χ0n) is 14.5. The molecule has 0 saturated heterocycles. The van der Waals surface area contributed by atoms with Gasteiger partial charge in [-0.25, -0.2) is 0 Å². The number of ether oxygens (including phenoxy) is 4. The molecule has 3 rings (SSSR count). The quantitative estimate of drug-likeness (QED) is 0.311. The maximum Gasteiger partial charge on any atom is 0.111 e. The van der Waals surface area contributed by atoms with E-state index in [1.807, 2.05) is 0 Å². The zero-order chi connectivity index (χ0) is 16.8. The number of hydrogen-bond acceptors (Lipinski definition) is 4. The van der Waals surface area contributed by atoms with Crippen LogP contribution in [0.15, 0.2) is 37.8 Å². The molecule has 0 aliphatic heterocycles. The smallest absolute Gasteiger partial charge is 0.111 e. The van der Waals surface area contributed by atoms with Crippen molar-refractivity contribution in [3.63, 3.8) is 0 Å². The Hall–Kier alpha value is -1.26. The molecule has 2 saturated carbocycles. The van der Waals surface area contributed by atoms with E-state index in [0.717, 1.165) is 36.9 Å². The lowest BCUT2D eigenvalue weighted by molar-refractivity contribution is -0.0250. The van der Waals surface area contributed by atoms with Crippen LogP contribution in [0.4, 0.5) is 0 Å².